The van der Waals surface area contributed by atoms with E-state index < -0.39 is 12.0 Å². The minimum absolute atomic E-state index is 0.0718. The highest BCUT2D eigenvalue weighted by molar-refractivity contribution is 5.76. The van der Waals surface area contributed by atoms with Crippen molar-refractivity contribution in [1.82, 2.24) is 0 Å². The molecule has 11 heavy (non-hydrogen) atoms. The Bertz CT molecular complexity index is 156. The monoisotopic (exact) mass is 159 g/mol. The second-order valence-electron chi connectivity index (χ2n) is 2.54. The Morgan fingerprint density at radius 3 is 2.45 bits per heavy atom. The standard InChI is InChI=1S/C7H13NO3/c1-5(9)3-2-4-6(8)7(10)11/h6H,2-4,8H2,1H3,(H,10,11). The van der Waals surface area contributed by atoms with E-state index in [1.54, 1.807) is 0 Å². The van der Waals surface area contributed by atoms with Gasteiger partial charge in [0.1, 0.15) is 11.8 Å². The molecule has 0 aromatic heterocycles. The fourth-order valence-electron chi connectivity index (χ4n) is 0.694. The van der Waals surface area contributed by atoms with Crippen molar-refractivity contribution < 1.29 is 14.7 Å². The minimum atomic E-state index is -1.01. The van der Waals surface area contributed by atoms with Gasteiger partial charge in [-0.05, 0) is 19.8 Å². The molecule has 64 valence electrons. The van der Waals surface area contributed by atoms with Gasteiger partial charge in [0.15, 0.2) is 0 Å². The first kappa shape index (κ1) is 10.1. The normalized spacial score (nSPS) is 12.5. The second-order valence-corrected chi connectivity index (χ2v) is 2.54. The molecule has 0 aromatic carbocycles. The summed E-state index contributed by atoms with van der Waals surface area (Å²) >= 11 is 0. The van der Waals surface area contributed by atoms with E-state index >= 15 is 0 Å². The van der Waals surface area contributed by atoms with Gasteiger partial charge in [-0.25, -0.2) is 0 Å². The SMILES string of the molecule is CC(=O)CCCC(N)C(=O)O. The third kappa shape index (κ3) is 5.54. The number of ketones is 1. The number of aliphatic carboxylic acids is 1. The molecule has 0 aliphatic carbocycles. The van der Waals surface area contributed by atoms with Crippen molar-refractivity contribution >= 4 is 11.8 Å². The van der Waals surface area contributed by atoms with E-state index in [4.69, 9.17) is 10.8 Å². The van der Waals surface area contributed by atoms with Crippen LogP contribution < -0.4 is 5.73 Å². The van der Waals surface area contributed by atoms with Gasteiger partial charge in [-0.1, -0.05) is 0 Å². The number of Topliss-reactive ketones (excluding diaryl/α,β-unsaturated/α-hetero) is 1. The average Bonchev–Trinajstić information content (AvgIpc) is 1.86. The predicted octanol–water partition coefficient (Wildman–Crippen LogP) is 0.158. The van der Waals surface area contributed by atoms with Gasteiger partial charge < -0.3 is 15.6 Å². The Hall–Kier alpha value is -0.900. The lowest BCUT2D eigenvalue weighted by Crippen LogP contribution is -2.29. The van der Waals surface area contributed by atoms with Crippen LogP contribution in [0.25, 0.3) is 0 Å². The van der Waals surface area contributed by atoms with Crippen LogP contribution in [0.15, 0.2) is 0 Å². The Kier molecular flexibility index (Phi) is 4.45. The molecule has 4 heteroatoms. The molecule has 4 nitrogen and oxygen atoms in total. The van der Waals surface area contributed by atoms with E-state index in [1.807, 2.05) is 0 Å². The molecule has 0 radical (unpaired) electrons. The topological polar surface area (TPSA) is 80.4 Å². The zero-order valence-corrected chi connectivity index (χ0v) is 6.54. The molecule has 0 rings (SSSR count). The molecule has 0 aliphatic heterocycles. The molecule has 0 saturated carbocycles. The largest absolute Gasteiger partial charge is 0.480 e. The molecule has 0 aliphatic rings. The van der Waals surface area contributed by atoms with Crippen molar-refractivity contribution in [2.24, 2.45) is 5.73 Å². The number of carboxylic acid groups (broad SMARTS) is 1. The summed E-state index contributed by atoms with van der Waals surface area (Å²) in [5.41, 5.74) is 5.19. The summed E-state index contributed by atoms with van der Waals surface area (Å²) in [5, 5.41) is 8.34. The van der Waals surface area contributed by atoms with Gasteiger partial charge in [0, 0.05) is 6.42 Å². The summed E-state index contributed by atoms with van der Waals surface area (Å²) < 4.78 is 0. The quantitative estimate of drug-likeness (QED) is 0.598. The lowest BCUT2D eigenvalue weighted by Gasteiger charge is -2.03. The molecular formula is C7H13NO3. The molecule has 1 unspecified atom stereocenters. The van der Waals surface area contributed by atoms with E-state index in [9.17, 15) is 9.59 Å². The van der Waals surface area contributed by atoms with E-state index in [2.05, 4.69) is 0 Å². The van der Waals surface area contributed by atoms with Crippen molar-refractivity contribution in [2.75, 3.05) is 0 Å². The Morgan fingerprint density at radius 2 is 2.09 bits per heavy atom. The zero-order valence-electron chi connectivity index (χ0n) is 6.54. The van der Waals surface area contributed by atoms with Crippen LogP contribution in [0.5, 0.6) is 0 Å². The Balaban J connectivity index is 3.39. The number of carbonyl (C=O) groups excluding carboxylic acids is 1. The van der Waals surface area contributed by atoms with E-state index in [0.717, 1.165) is 0 Å². The highest BCUT2D eigenvalue weighted by Crippen LogP contribution is 1.99. The highest BCUT2D eigenvalue weighted by atomic mass is 16.4. The van der Waals surface area contributed by atoms with Crippen LogP contribution in [-0.2, 0) is 9.59 Å². The summed E-state index contributed by atoms with van der Waals surface area (Å²) in [6.07, 6.45) is 1.35. The fraction of sp³-hybridized carbons (Fsp3) is 0.714. The smallest absolute Gasteiger partial charge is 0.320 e. The number of carbonyl (C=O) groups is 2. The lowest BCUT2D eigenvalue weighted by molar-refractivity contribution is -0.138. The van der Waals surface area contributed by atoms with Gasteiger partial charge in [0.25, 0.3) is 0 Å². The number of hydrogen-bond acceptors (Lipinski definition) is 3. The lowest BCUT2D eigenvalue weighted by atomic mass is 10.1. The molecule has 1 atom stereocenters. The summed E-state index contributed by atoms with van der Waals surface area (Å²) in [7, 11) is 0. The molecule has 0 amide bonds. The molecule has 0 bridgehead atoms. The number of carboxylic acids is 1. The van der Waals surface area contributed by atoms with Gasteiger partial charge in [-0.3, -0.25) is 4.79 Å². The highest BCUT2D eigenvalue weighted by Gasteiger charge is 2.10. The van der Waals surface area contributed by atoms with Gasteiger partial charge in [0.2, 0.25) is 0 Å². The molecular weight excluding hydrogens is 146 g/mol. The first-order valence-electron chi connectivity index (χ1n) is 3.52. The van der Waals surface area contributed by atoms with Crippen molar-refractivity contribution in [3.63, 3.8) is 0 Å². The first-order valence-corrected chi connectivity index (χ1v) is 3.52. The van der Waals surface area contributed by atoms with Gasteiger partial charge >= 0.3 is 5.97 Å². The van der Waals surface area contributed by atoms with Crippen molar-refractivity contribution in [3.8, 4) is 0 Å². The molecule has 3 N–H and O–H groups in total. The van der Waals surface area contributed by atoms with Crippen molar-refractivity contribution in [1.29, 1.82) is 0 Å². The molecule has 0 spiro atoms. The van der Waals surface area contributed by atoms with Crippen LogP contribution >= 0.6 is 0 Å². The fourth-order valence-corrected chi connectivity index (χ4v) is 0.694. The summed E-state index contributed by atoms with van der Waals surface area (Å²) in [6.45, 7) is 1.48. The Morgan fingerprint density at radius 1 is 1.55 bits per heavy atom. The van der Waals surface area contributed by atoms with Crippen molar-refractivity contribution in [2.45, 2.75) is 32.2 Å². The number of hydrogen-bond donors (Lipinski definition) is 2. The van der Waals surface area contributed by atoms with Crippen LogP contribution in [0, 0.1) is 0 Å². The summed E-state index contributed by atoms with van der Waals surface area (Å²) in [4.78, 5) is 20.6. The second kappa shape index (κ2) is 4.85. The van der Waals surface area contributed by atoms with Gasteiger partial charge in [-0.2, -0.15) is 0 Å². The van der Waals surface area contributed by atoms with Crippen LogP contribution in [0.1, 0.15) is 26.2 Å². The predicted molar refractivity (Wildman–Crippen MR) is 40.1 cm³/mol. The van der Waals surface area contributed by atoms with Crippen LogP contribution in [-0.4, -0.2) is 22.9 Å². The first-order chi connectivity index (χ1) is 5.04. The maximum absolute atomic E-state index is 10.4. The summed E-state index contributed by atoms with van der Waals surface area (Å²) in [5.74, 6) is -0.934. The molecule has 0 heterocycles. The van der Waals surface area contributed by atoms with Crippen LogP contribution in [0.2, 0.25) is 0 Å². The average molecular weight is 159 g/mol. The molecule has 0 fully saturated rings. The maximum Gasteiger partial charge on any atom is 0.320 e. The van der Waals surface area contributed by atoms with Crippen molar-refractivity contribution in [3.05, 3.63) is 0 Å². The third-order valence-electron chi connectivity index (χ3n) is 1.36. The van der Waals surface area contributed by atoms with Crippen LogP contribution in [0.3, 0.4) is 0 Å². The zero-order chi connectivity index (χ0) is 8.85. The Labute approximate surface area is 65.4 Å². The summed E-state index contributed by atoms with van der Waals surface area (Å²) in [6, 6.07) is -0.825. The maximum atomic E-state index is 10.4. The molecule has 0 saturated heterocycles. The van der Waals surface area contributed by atoms with E-state index in [0.29, 0.717) is 19.3 Å². The van der Waals surface area contributed by atoms with Gasteiger partial charge in [0.05, 0.1) is 0 Å². The van der Waals surface area contributed by atoms with Crippen LogP contribution in [0.4, 0.5) is 0 Å². The number of rotatable bonds is 5. The third-order valence-corrected chi connectivity index (χ3v) is 1.36. The van der Waals surface area contributed by atoms with E-state index in [1.165, 1.54) is 6.92 Å². The molecule has 0 aromatic rings. The van der Waals surface area contributed by atoms with E-state index in [-0.39, 0.29) is 5.78 Å². The minimum Gasteiger partial charge on any atom is -0.480 e. The number of nitrogens with two attached hydrogens (primary N) is 1. The van der Waals surface area contributed by atoms with Gasteiger partial charge in [-0.15, -0.1) is 0 Å².